The summed E-state index contributed by atoms with van der Waals surface area (Å²) in [6.07, 6.45) is -2.66. The van der Waals surface area contributed by atoms with Crippen molar-refractivity contribution in [1.82, 2.24) is 0 Å². The first-order chi connectivity index (χ1) is 6.84. The summed E-state index contributed by atoms with van der Waals surface area (Å²) in [7, 11) is 0. The number of benzene rings is 1. The molecule has 0 aliphatic rings. The lowest BCUT2D eigenvalue weighted by atomic mass is 9.92. The number of hydrogen-bond donors (Lipinski definition) is 1. The highest BCUT2D eigenvalue weighted by molar-refractivity contribution is 5.29. The van der Waals surface area contributed by atoms with Gasteiger partial charge in [0.1, 0.15) is 5.82 Å². The fourth-order valence-electron chi connectivity index (χ4n) is 1.33. The Kier molecular flexibility index (Phi) is 3.39. The molecule has 2 N–H and O–H groups in total. The highest BCUT2D eigenvalue weighted by Crippen LogP contribution is 2.21. The molecule has 0 radical (unpaired) electrons. The Morgan fingerprint density at radius 3 is 2.53 bits per heavy atom. The topological polar surface area (TPSA) is 26.0 Å². The Balaban J connectivity index is 2.95. The maximum atomic E-state index is 13.1. The first-order valence-electron chi connectivity index (χ1n) is 4.65. The molecule has 4 heteroatoms. The zero-order chi connectivity index (χ0) is 11.6. The second kappa shape index (κ2) is 4.23. The monoisotopic (exact) mass is 217 g/mol. The summed E-state index contributed by atoms with van der Waals surface area (Å²) in [5.41, 5.74) is 4.74. The van der Waals surface area contributed by atoms with Crippen LogP contribution in [0.2, 0.25) is 0 Å². The van der Waals surface area contributed by atoms with E-state index in [9.17, 15) is 13.2 Å². The van der Waals surface area contributed by atoms with E-state index in [0.717, 1.165) is 0 Å². The van der Waals surface area contributed by atoms with Crippen molar-refractivity contribution >= 4 is 0 Å². The van der Waals surface area contributed by atoms with Crippen molar-refractivity contribution in [3.05, 3.63) is 35.1 Å². The Morgan fingerprint density at radius 2 is 2.00 bits per heavy atom. The maximum Gasteiger partial charge on any atom is 0.256 e. The third-order valence-electron chi connectivity index (χ3n) is 2.45. The molecule has 0 fully saturated rings. The van der Waals surface area contributed by atoms with Gasteiger partial charge in [-0.1, -0.05) is 12.1 Å². The van der Waals surface area contributed by atoms with Gasteiger partial charge in [0.2, 0.25) is 0 Å². The third-order valence-corrected chi connectivity index (χ3v) is 2.45. The van der Waals surface area contributed by atoms with Gasteiger partial charge in [0.05, 0.1) is 5.54 Å². The quantitative estimate of drug-likeness (QED) is 0.827. The van der Waals surface area contributed by atoms with Gasteiger partial charge in [-0.05, 0) is 37.5 Å². The first-order valence-corrected chi connectivity index (χ1v) is 4.65. The number of rotatable bonds is 3. The molecule has 0 heterocycles. The van der Waals surface area contributed by atoms with Crippen LogP contribution >= 0.6 is 0 Å². The molecule has 1 nitrogen and oxygen atoms in total. The van der Waals surface area contributed by atoms with E-state index in [4.69, 9.17) is 5.73 Å². The van der Waals surface area contributed by atoms with Gasteiger partial charge in [0.25, 0.3) is 6.43 Å². The van der Waals surface area contributed by atoms with E-state index < -0.39 is 17.8 Å². The molecule has 0 aliphatic carbocycles. The molecule has 1 aromatic carbocycles. The lowest BCUT2D eigenvalue weighted by Gasteiger charge is -2.24. The Labute approximate surface area is 87.1 Å². The lowest BCUT2D eigenvalue weighted by molar-refractivity contribution is 0.0638. The van der Waals surface area contributed by atoms with Crippen LogP contribution in [-0.4, -0.2) is 12.0 Å². The summed E-state index contributed by atoms with van der Waals surface area (Å²) in [6.45, 7) is 2.83. The van der Waals surface area contributed by atoms with Crippen molar-refractivity contribution in [2.75, 3.05) is 0 Å². The summed E-state index contributed by atoms with van der Waals surface area (Å²) in [5.74, 6) is -0.391. The molecule has 0 bridgehead atoms. The summed E-state index contributed by atoms with van der Waals surface area (Å²) >= 11 is 0. The molecular weight excluding hydrogens is 203 g/mol. The average Bonchev–Trinajstić information content (AvgIpc) is 2.12. The van der Waals surface area contributed by atoms with Gasteiger partial charge in [0, 0.05) is 0 Å². The summed E-state index contributed by atoms with van der Waals surface area (Å²) in [4.78, 5) is 0. The smallest absolute Gasteiger partial charge is 0.256 e. The summed E-state index contributed by atoms with van der Waals surface area (Å²) in [6, 6.07) is 4.42. The van der Waals surface area contributed by atoms with Crippen LogP contribution in [0, 0.1) is 12.7 Å². The first kappa shape index (κ1) is 12.0. The van der Waals surface area contributed by atoms with Gasteiger partial charge in [-0.25, -0.2) is 13.2 Å². The molecule has 15 heavy (non-hydrogen) atoms. The van der Waals surface area contributed by atoms with Crippen molar-refractivity contribution in [2.24, 2.45) is 5.73 Å². The van der Waals surface area contributed by atoms with Crippen molar-refractivity contribution in [3.8, 4) is 0 Å². The van der Waals surface area contributed by atoms with Crippen LogP contribution in [0.1, 0.15) is 18.1 Å². The number of alkyl halides is 2. The standard InChI is InChI=1S/C11H14F3N/c1-7-8(4-3-5-9(7)12)6-11(2,15)10(13)14/h3-5,10H,6,15H2,1-2H3. The van der Waals surface area contributed by atoms with E-state index in [1.165, 1.54) is 19.1 Å². The van der Waals surface area contributed by atoms with Gasteiger partial charge in [0.15, 0.2) is 0 Å². The fraction of sp³-hybridized carbons (Fsp3) is 0.455. The van der Waals surface area contributed by atoms with Crippen molar-refractivity contribution in [1.29, 1.82) is 0 Å². The number of hydrogen-bond acceptors (Lipinski definition) is 1. The minimum atomic E-state index is -2.62. The zero-order valence-corrected chi connectivity index (χ0v) is 8.73. The van der Waals surface area contributed by atoms with Crippen LogP contribution in [0.5, 0.6) is 0 Å². The van der Waals surface area contributed by atoms with Crippen molar-refractivity contribution in [2.45, 2.75) is 32.2 Å². The predicted molar refractivity (Wildman–Crippen MR) is 53.4 cm³/mol. The third kappa shape index (κ3) is 2.72. The van der Waals surface area contributed by atoms with E-state index in [0.29, 0.717) is 11.1 Å². The lowest BCUT2D eigenvalue weighted by Crippen LogP contribution is -2.46. The molecular formula is C11H14F3N. The van der Waals surface area contributed by atoms with Gasteiger partial charge in [-0.3, -0.25) is 0 Å². The van der Waals surface area contributed by atoms with Crippen LogP contribution in [-0.2, 0) is 6.42 Å². The molecule has 0 spiro atoms. The number of halogens is 3. The van der Waals surface area contributed by atoms with Crippen LogP contribution in [0.15, 0.2) is 18.2 Å². The minimum absolute atomic E-state index is 0.0335. The van der Waals surface area contributed by atoms with E-state index in [1.807, 2.05) is 0 Å². The second-order valence-electron chi connectivity index (χ2n) is 4.01. The molecule has 1 rings (SSSR count). The SMILES string of the molecule is Cc1c(F)cccc1CC(C)(N)C(F)F. The van der Waals surface area contributed by atoms with Gasteiger partial charge < -0.3 is 5.73 Å². The summed E-state index contributed by atoms with van der Waals surface area (Å²) in [5, 5.41) is 0. The minimum Gasteiger partial charge on any atom is -0.320 e. The van der Waals surface area contributed by atoms with E-state index in [1.54, 1.807) is 13.0 Å². The van der Waals surface area contributed by atoms with Crippen LogP contribution in [0.25, 0.3) is 0 Å². The van der Waals surface area contributed by atoms with Gasteiger partial charge in [-0.2, -0.15) is 0 Å². The van der Waals surface area contributed by atoms with Crippen molar-refractivity contribution in [3.63, 3.8) is 0 Å². The zero-order valence-electron chi connectivity index (χ0n) is 8.73. The van der Waals surface area contributed by atoms with Gasteiger partial charge in [-0.15, -0.1) is 0 Å². The van der Waals surface area contributed by atoms with Crippen LogP contribution < -0.4 is 5.73 Å². The normalized spacial score (nSPS) is 15.4. The molecule has 1 unspecified atom stereocenters. The molecule has 0 saturated carbocycles. The predicted octanol–water partition coefficient (Wildman–Crippen LogP) is 2.66. The molecule has 1 aromatic rings. The molecule has 84 valence electrons. The second-order valence-corrected chi connectivity index (χ2v) is 4.01. The van der Waals surface area contributed by atoms with E-state index in [-0.39, 0.29) is 6.42 Å². The number of nitrogens with two attached hydrogens (primary N) is 1. The largest absolute Gasteiger partial charge is 0.320 e. The van der Waals surface area contributed by atoms with E-state index >= 15 is 0 Å². The van der Waals surface area contributed by atoms with Crippen LogP contribution in [0.4, 0.5) is 13.2 Å². The Hall–Kier alpha value is -1.03. The van der Waals surface area contributed by atoms with E-state index in [2.05, 4.69) is 0 Å². The molecule has 0 aromatic heterocycles. The van der Waals surface area contributed by atoms with Gasteiger partial charge >= 0.3 is 0 Å². The molecule has 1 atom stereocenters. The highest BCUT2D eigenvalue weighted by atomic mass is 19.3. The highest BCUT2D eigenvalue weighted by Gasteiger charge is 2.31. The molecule has 0 aliphatic heterocycles. The Bertz CT molecular complexity index is 348. The maximum absolute atomic E-state index is 13.1. The Morgan fingerprint density at radius 1 is 1.40 bits per heavy atom. The van der Waals surface area contributed by atoms with Crippen molar-refractivity contribution < 1.29 is 13.2 Å². The fourth-order valence-corrected chi connectivity index (χ4v) is 1.33. The molecule has 0 saturated heterocycles. The molecule has 0 amide bonds. The van der Waals surface area contributed by atoms with Crippen LogP contribution in [0.3, 0.4) is 0 Å². The average molecular weight is 217 g/mol. The summed E-state index contributed by atoms with van der Waals surface area (Å²) < 4.78 is 38.2.